The number of amides is 1. The monoisotopic (exact) mass is 403 g/mol. The van der Waals surface area contributed by atoms with E-state index in [-0.39, 0.29) is 37.1 Å². The molecule has 1 aromatic rings. The fraction of sp³-hybridized carbons (Fsp3) is 0.625. The van der Waals surface area contributed by atoms with Gasteiger partial charge in [-0.3, -0.25) is 9.69 Å². The maximum absolute atomic E-state index is 12.1. The highest BCUT2D eigenvalue weighted by Crippen LogP contribution is 2.19. The van der Waals surface area contributed by atoms with Crippen LogP contribution in [0.5, 0.6) is 0 Å². The summed E-state index contributed by atoms with van der Waals surface area (Å²) in [6.07, 6.45) is -0.805. The number of esters is 1. The van der Waals surface area contributed by atoms with Crippen molar-refractivity contribution in [3.8, 4) is 0 Å². The van der Waals surface area contributed by atoms with Gasteiger partial charge in [-0.05, 0) is 12.1 Å². The molecule has 1 aromatic heterocycles. The molecule has 0 bridgehead atoms. The average Bonchev–Trinajstić information content (AvgIpc) is 3.19. The van der Waals surface area contributed by atoms with Crippen LogP contribution < -0.4 is 5.32 Å². The van der Waals surface area contributed by atoms with E-state index >= 15 is 0 Å². The summed E-state index contributed by atoms with van der Waals surface area (Å²) >= 11 is 0. The summed E-state index contributed by atoms with van der Waals surface area (Å²) in [6, 6.07) is 3.02. The number of hydrogen-bond acceptors (Lipinski definition) is 8. The number of rotatable bonds is 8. The molecule has 0 saturated carbocycles. The topological polar surface area (TPSA) is 129 Å². The Kier molecular flexibility index (Phi) is 6.98. The van der Waals surface area contributed by atoms with Crippen molar-refractivity contribution in [1.82, 2.24) is 14.5 Å². The van der Waals surface area contributed by atoms with Crippen LogP contribution in [-0.2, 0) is 26.1 Å². The van der Waals surface area contributed by atoms with Crippen molar-refractivity contribution in [2.45, 2.75) is 12.6 Å². The van der Waals surface area contributed by atoms with Gasteiger partial charge >= 0.3 is 5.97 Å². The summed E-state index contributed by atoms with van der Waals surface area (Å²) in [7, 11) is 0.713. The van der Waals surface area contributed by atoms with Gasteiger partial charge in [0.15, 0.2) is 0 Å². The SMILES string of the molecule is COC(=O)c1ccc(CNC(=O)CN2C[C@@H](CS(=O)(=O)N(C)C)[C@@H](O)C2)o1. The molecule has 2 rings (SSSR count). The van der Waals surface area contributed by atoms with Gasteiger partial charge < -0.3 is 19.6 Å². The minimum atomic E-state index is -3.42. The van der Waals surface area contributed by atoms with Crippen molar-refractivity contribution in [3.05, 3.63) is 23.7 Å². The second kappa shape index (κ2) is 8.83. The van der Waals surface area contributed by atoms with E-state index in [9.17, 15) is 23.1 Å². The van der Waals surface area contributed by atoms with Gasteiger partial charge in [-0.25, -0.2) is 17.5 Å². The highest BCUT2D eigenvalue weighted by atomic mass is 32.2. The average molecular weight is 403 g/mol. The van der Waals surface area contributed by atoms with Crippen LogP contribution in [0.4, 0.5) is 0 Å². The fourth-order valence-corrected chi connectivity index (χ4v) is 3.95. The number of methoxy groups -OCH3 is 1. The number of nitrogens with zero attached hydrogens (tertiary/aromatic N) is 2. The molecule has 1 amide bonds. The molecule has 11 heteroatoms. The first-order valence-corrected chi connectivity index (χ1v) is 9.97. The van der Waals surface area contributed by atoms with Crippen LogP contribution in [0.15, 0.2) is 16.5 Å². The zero-order valence-electron chi connectivity index (χ0n) is 15.5. The number of β-amino-alcohol motifs (C(OH)–C–C–N with tert-alkyl or cyclic N) is 1. The molecule has 152 valence electrons. The first-order valence-electron chi connectivity index (χ1n) is 8.36. The number of carbonyl (C=O) groups is 2. The van der Waals surface area contributed by atoms with E-state index < -0.39 is 28.0 Å². The first-order chi connectivity index (χ1) is 12.6. The van der Waals surface area contributed by atoms with Crippen LogP contribution in [0.2, 0.25) is 0 Å². The zero-order chi connectivity index (χ0) is 20.2. The van der Waals surface area contributed by atoms with Crippen molar-refractivity contribution in [1.29, 1.82) is 0 Å². The van der Waals surface area contributed by atoms with E-state index in [0.717, 1.165) is 4.31 Å². The van der Waals surface area contributed by atoms with Crippen LogP contribution in [-0.4, -0.2) is 87.3 Å². The van der Waals surface area contributed by atoms with E-state index in [0.29, 0.717) is 12.3 Å². The summed E-state index contributed by atoms with van der Waals surface area (Å²) in [5.41, 5.74) is 0. The molecule has 27 heavy (non-hydrogen) atoms. The molecule has 2 N–H and O–H groups in total. The third-order valence-electron chi connectivity index (χ3n) is 4.34. The molecular formula is C16H25N3O7S. The van der Waals surface area contributed by atoms with Crippen LogP contribution in [0.25, 0.3) is 0 Å². The minimum Gasteiger partial charge on any atom is -0.463 e. The predicted molar refractivity (Wildman–Crippen MR) is 95.3 cm³/mol. The number of furan rings is 1. The Morgan fingerprint density at radius 3 is 2.70 bits per heavy atom. The smallest absolute Gasteiger partial charge is 0.373 e. The molecule has 0 aliphatic carbocycles. The van der Waals surface area contributed by atoms with Crippen molar-refractivity contribution in [2.75, 3.05) is 46.6 Å². The second-order valence-electron chi connectivity index (χ2n) is 6.62. The summed E-state index contributed by atoms with van der Waals surface area (Å²) < 4.78 is 34.8. The molecule has 0 radical (unpaired) electrons. The molecule has 10 nitrogen and oxygen atoms in total. The largest absolute Gasteiger partial charge is 0.463 e. The van der Waals surface area contributed by atoms with Gasteiger partial charge in [-0.1, -0.05) is 0 Å². The van der Waals surface area contributed by atoms with E-state index in [4.69, 9.17) is 4.42 Å². The quantitative estimate of drug-likeness (QED) is 0.522. The standard InChI is InChI=1S/C16H25N3O7S/c1-18(2)27(23,24)10-11-7-19(8-13(11)20)9-15(21)17-6-12-4-5-14(26-12)16(22)25-3/h4-5,11,13,20H,6-10H2,1-3H3,(H,17,21)/t11-,13-/m0/s1. The van der Waals surface area contributed by atoms with E-state index in [2.05, 4.69) is 10.1 Å². The molecule has 2 atom stereocenters. The van der Waals surface area contributed by atoms with Gasteiger partial charge in [-0.15, -0.1) is 0 Å². The zero-order valence-corrected chi connectivity index (χ0v) is 16.4. The van der Waals surface area contributed by atoms with Crippen molar-refractivity contribution >= 4 is 21.9 Å². The Bertz CT molecular complexity index is 775. The van der Waals surface area contributed by atoms with Crippen LogP contribution in [0.1, 0.15) is 16.3 Å². The first kappa shape index (κ1) is 21.4. The number of hydrogen-bond donors (Lipinski definition) is 2. The number of sulfonamides is 1. The Balaban J connectivity index is 1.81. The highest BCUT2D eigenvalue weighted by Gasteiger charge is 2.35. The lowest BCUT2D eigenvalue weighted by Crippen LogP contribution is -2.36. The minimum absolute atomic E-state index is 0.0279. The summed E-state index contributed by atoms with van der Waals surface area (Å²) in [6.45, 7) is 0.675. The lowest BCUT2D eigenvalue weighted by molar-refractivity contribution is -0.122. The third kappa shape index (κ3) is 5.76. The molecule has 1 saturated heterocycles. The van der Waals surface area contributed by atoms with Crippen LogP contribution in [0, 0.1) is 5.92 Å². The Morgan fingerprint density at radius 1 is 1.37 bits per heavy atom. The summed E-state index contributed by atoms with van der Waals surface area (Å²) in [4.78, 5) is 25.1. The normalized spacial score (nSPS) is 20.8. The maximum atomic E-state index is 12.1. The number of likely N-dealkylation sites (tertiary alicyclic amines) is 1. The van der Waals surface area contributed by atoms with Gasteiger partial charge in [-0.2, -0.15) is 0 Å². The Morgan fingerprint density at radius 2 is 2.07 bits per heavy atom. The third-order valence-corrected chi connectivity index (χ3v) is 6.30. The van der Waals surface area contributed by atoms with Gasteiger partial charge in [0, 0.05) is 33.1 Å². The lowest BCUT2D eigenvalue weighted by atomic mass is 10.1. The number of aliphatic hydroxyl groups excluding tert-OH is 1. The van der Waals surface area contributed by atoms with Crippen LogP contribution >= 0.6 is 0 Å². The molecule has 0 aromatic carbocycles. The lowest BCUT2D eigenvalue weighted by Gasteiger charge is -2.17. The van der Waals surface area contributed by atoms with Crippen LogP contribution in [0.3, 0.4) is 0 Å². The number of nitrogens with one attached hydrogen (secondary N) is 1. The maximum Gasteiger partial charge on any atom is 0.373 e. The fourth-order valence-electron chi connectivity index (χ4n) is 2.78. The molecular weight excluding hydrogens is 378 g/mol. The molecule has 1 aliphatic rings. The molecule has 2 heterocycles. The van der Waals surface area contributed by atoms with Crippen molar-refractivity contribution in [3.63, 3.8) is 0 Å². The molecule has 0 unspecified atom stereocenters. The number of carbonyl (C=O) groups excluding carboxylic acids is 2. The van der Waals surface area contributed by atoms with Gasteiger partial charge in [0.25, 0.3) is 0 Å². The van der Waals surface area contributed by atoms with Crippen molar-refractivity contribution < 1.29 is 32.3 Å². The molecule has 0 spiro atoms. The van der Waals surface area contributed by atoms with Gasteiger partial charge in [0.1, 0.15) is 5.76 Å². The Hall–Kier alpha value is -1.95. The van der Waals surface area contributed by atoms with E-state index in [1.807, 2.05) is 0 Å². The van der Waals surface area contributed by atoms with Gasteiger partial charge in [0.2, 0.25) is 21.7 Å². The highest BCUT2D eigenvalue weighted by molar-refractivity contribution is 7.89. The van der Waals surface area contributed by atoms with Gasteiger partial charge in [0.05, 0.1) is 32.1 Å². The van der Waals surface area contributed by atoms with E-state index in [1.54, 1.807) is 11.0 Å². The summed E-state index contributed by atoms with van der Waals surface area (Å²) in [5.74, 6) is -1.05. The predicted octanol–water partition coefficient (Wildman–Crippen LogP) is -1.13. The van der Waals surface area contributed by atoms with E-state index in [1.165, 1.54) is 27.3 Å². The summed E-state index contributed by atoms with van der Waals surface area (Å²) in [5, 5.41) is 12.7. The Labute approximate surface area is 158 Å². The molecule has 1 fully saturated rings. The number of aliphatic hydroxyl groups is 1. The van der Waals surface area contributed by atoms with Crippen molar-refractivity contribution in [2.24, 2.45) is 5.92 Å². The molecule has 1 aliphatic heterocycles. The number of ether oxygens (including phenoxy) is 1. The second-order valence-corrected chi connectivity index (χ2v) is 8.84.